The van der Waals surface area contributed by atoms with E-state index in [0.717, 1.165) is 6.54 Å². The molecule has 234 valence electrons. The number of nitrogens with zero attached hydrogens (tertiary/aromatic N) is 2. The van der Waals surface area contributed by atoms with Gasteiger partial charge < -0.3 is 0 Å². The maximum absolute atomic E-state index is 2.58. The van der Waals surface area contributed by atoms with Gasteiger partial charge in [0.1, 0.15) is 18.9 Å². The van der Waals surface area contributed by atoms with Crippen LogP contribution in [0, 0.1) is 0 Å². The van der Waals surface area contributed by atoms with Crippen LogP contribution in [0.5, 0.6) is 0 Å². The van der Waals surface area contributed by atoms with Gasteiger partial charge in [-0.25, -0.2) is 9.13 Å². The van der Waals surface area contributed by atoms with E-state index in [2.05, 4.69) is 65.7 Å². The molecule has 2 heteroatoms. The summed E-state index contributed by atoms with van der Waals surface area (Å²) in [7, 11) is 0. The number of rotatable bonds is 29. The quantitative estimate of drug-likeness (QED) is 0.0685. The maximum Gasteiger partial charge on any atom is 0.256 e. The van der Waals surface area contributed by atoms with Gasteiger partial charge in [0.25, 0.3) is 5.82 Å². The van der Waals surface area contributed by atoms with E-state index in [9.17, 15) is 0 Å². The summed E-state index contributed by atoms with van der Waals surface area (Å²) in [5.74, 6) is 1.54. The van der Waals surface area contributed by atoms with Gasteiger partial charge >= 0.3 is 0 Å². The Morgan fingerprint density at radius 1 is 0.488 bits per heavy atom. The first kappa shape index (κ1) is 35.6. The largest absolute Gasteiger partial charge is 0.256 e. The molecule has 0 atom stereocenters. The van der Waals surface area contributed by atoms with Gasteiger partial charge in [0.2, 0.25) is 0 Å². The molecule has 1 heterocycles. The van der Waals surface area contributed by atoms with Crippen LogP contribution in [-0.2, 0) is 19.5 Å². The van der Waals surface area contributed by atoms with Crippen LogP contribution in [0.15, 0.2) is 42.7 Å². The van der Waals surface area contributed by atoms with Crippen LogP contribution in [-0.4, -0.2) is 4.57 Å². The van der Waals surface area contributed by atoms with E-state index < -0.39 is 0 Å². The van der Waals surface area contributed by atoms with Crippen LogP contribution in [0.3, 0.4) is 0 Å². The highest BCUT2D eigenvalue weighted by Gasteiger charge is 2.17. The van der Waals surface area contributed by atoms with Crippen LogP contribution in [0.4, 0.5) is 0 Å². The second-order valence-corrected chi connectivity index (χ2v) is 12.9. The number of imidazole rings is 1. The smallest absolute Gasteiger partial charge is 0.234 e. The molecule has 2 nitrogen and oxygen atoms in total. The molecule has 0 aliphatic heterocycles. The Kier molecular flexibility index (Phi) is 22.7. The highest BCUT2D eigenvalue weighted by Crippen LogP contribution is 2.15. The van der Waals surface area contributed by atoms with Gasteiger partial charge in [-0.05, 0) is 24.8 Å². The van der Waals surface area contributed by atoms with Gasteiger partial charge in [-0.15, -0.1) is 0 Å². The zero-order valence-electron chi connectivity index (χ0n) is 27.7. The zero-order chi connectivity index (χ0) is 29.1. The molecule has 2 rings (SSSR count). The van der Waals surface area contributed by atoms with Crippen molar-refractivity contribution in [3.63, 3.8) is 0 Å². The Hall–Kier alpha value is -1.57. The number of aromatic nitrogens is 2. The van der Waals surface area contributed by atoms with E-state index in [1.807, 2.05) is 0 Å². The average Bonchev–Trinajstić information content (AvgIpc) is 3.37. The van der Waals surface area contributed by atoms with Gasteiger partial charge in [-0.2, -0.15) is 0 Å². The minimum absolute atomic E-state index is 1.000. The molecular formula is C39H69N2+. The summed E-state index contributed by atoms with van der Waals surface area (Å²) in [4.78, 5) is 0. The normalized spacial score (nSPS) is 11.5. The fraction of sp³-hybridized carbons (Fsp3) is 0.769. The Bertz CT molecular complexity index is 808. The van der Waals surface area contributed by atoms with E-state index in [1.165, 1.54) is 179 Å². The number of hydrogen-bond acceptors (Lipinski definition) is 0. The molecule has 1 aromatic heterocycles. The summed E-state index contributed by atoms with van der Waals surface area (Å²) in [6.07, 6.45) is 41.5. The van der Waals surface area contributed by atoms with Crippen molar-refractivity contribution in [2.45, 2.75) is 194 Å². The van der Waals surface area contributed by atoms with E-state index in [1.54, 1.807) is 5.82 Å². The first-order valence-electron chi connectivity index (χ1n) is 18.5. The van der Waals surface area contributed by atoms with Gasteiger partial charge in [0.15, 0.2) is 0 Å². The van der Waals surface area contributed by atoms with Gasteiger partial charge in [0, 0.05) is 6.42 Å². The van der Waals surface area contributed by atoms with Crippen molar-refractivity contribution in [1.29, 1.82) is 0 Å². The van der Waals surface area contributed by atoms with E-state index in [4.69, 9.17) is 0 Å². The third kappa shape index (κ3) is 18.6. The van der Waals surface area contributed by atoms with Crippen LogP contribution in [0.25, 0.3) is 0 Å². The summed E-state index contributed by atoms with van der Waals surface area (Å²) in [5, 5.41) is 0. The number of benzene rings is 1. The number of unbranched alkanes of at least 4 members (excludes halogenated alkanes) is 23. The van der Waals surface area contributed by atoms with Crippen molar-refractivity contribution in [3.8, 4) is 0 Å². The monoisotopic (exact) mass is 566 g/mol. The zero-order valence-corrected chi connectivity index (χ0v) is 27.7. The summed E-state index contributed by atoms with van der Waals surface area (Å²) >= 11 is 0. The fourth-order valence-electron chi connectivity index (χ4n) is 6.34. The predicted octanol–water partition coefficient (Wildman–Crippen LogP) is 12.2. The fourth-order valence-corrected chi connectivity index (χ4v) is 6.34. The summed E-state index contributed by atoms with van der Waals surface area (Å²) < 4.78 is 5.10. The molecule has 0 unspecified atom stereocenters. The summed E-state index contributed by atoms with van der Waals surface area (Å²) in [6.45, 7) is 6.80. The van der Waals surface area contributed by atoms with Crippen LogP contribution in [0.1, 0.15) is 186 Å². The molecule has 0 bridgehead atoms. The summed E-state index contributed by atoms with van der Waals surface area (Å²) in [6, 6.07) is 11.0. The van der Waals surface area contributed by atoms with Crippen molar-refractivity contribution in [1.82, 2.24) is 4.57 Å². The molecule has 0 spiro atoms. The van der Waals surface area contributed by atoms with E-state index >= 15 is 0 Å². The molecule has 0 saturated carbocycles. The molecule has 0 aliphatic rings. The highest BCUT2D eigenvalue weighted by atomic mass is 15.1. The molecule has 0 radical (unpaired) electrons. The lowest BCUT2D eigenvalue weighted by molar-refractivity contribution is -0.695. The topological polar surface area (TPSA) is 8.81 Å². The lowest BCUT2D eigenvalue weighted by Crippen LogP contribution is -2.37. The maximum atomic E-state index is 2.58. The molecule has 0 aliphatic carbocycles. The Morgan fingerprint density at radius 2 is 0.902 bits per heavy atom. The molecule has 2 aromatic rings. The Morgan fingerprint density at radius 3 is 1.37 bits per heavy atom. The number of aryl methyl sites for hydroxylation is 1. The van der Waals surface area contributed by atoms with Gasteiger partial charge in [0.05, 0.1) is 6.54 Å². The van der Waals surface area contributed by atoms with Crippen LogP contribution < -0.4 is 4.57 Å². The average molecular weight is 566 g/mol. The first-order valence-corrected chi connectivity index (χ1v) is 18.5. The minimum atomic E-state index is 1.000. The first-order chi connectivity index (χ1) is 20.3. The SMILES string of the molecule is CCCCCCCCCCCCCCCCCc1n(CCCCCCCCCCCC)cc[n+]1Cc1ccccc1. The van der Waals surface area contributed by atoms with E-state index in [-0.39, 0.29) is 0 Å². The van der Waals surface area contributed by atoms with E-state index in [0.29, 0.717) is 0 Å². The summed E-state index contributed by atoms with van der Waals surface area (Å²) in [5.41, 5.74) is 1.41. The predicted molar refractivity (Wildman–Crippen MR) is 181 cm³/mol. The molecule has 0 saturated heterocycles. The Balaban J connectivity index is 1.61. The van der Waals surface area contributed by atoms with Crippen molar-refractivity contribution in [3.05, 3.63) is 54.1 Å². The number of hydrogen-bond donors (Lipinski definition) is 0. The van der Waals surface area contributed by atoms with Crippen molar-refractivity contribution >= 4 is 0 Å². The minimum Gasteiger partial charge on any atom is -0.234 e. The lowest BCUT2D eigenvalue weighted by atomic mass is 10.0. The second kappa shape index (κ2) is 26.1. The van der Waals surface area contributed by atoms with Gasteiger partial charge in [-0.3, -0.25) is 0 Å². The van der Waals surface area contributed by atoms with Crippen molar-refractivity contribution in [2.24, 2.45) is 0 Å². The van der Waals surface area contributed by atoms with Crippen molar-refractivity contribution < 1.29 is 4.57 Å². The highest BCUT2D eigenvalue weighted by molar-refractivity contribution is 5.13. The third-order valence-electron chi connectivity index (χ3n) is 9.04. The second-order valence-electron chi connectivity index (χ2n) is 12.9. The molecule has 0 amide bonds. The molecular weight excluding hydrogens is 496 g/mol. The molecule has 1 aromatic carbocycles. The van der Waals surface area contributed by atoms with Crippen LogP contribution >= 0.6 is 0 Å². The van der Waals surface area contributed by atoms with Gasteiger partial charge in [-0.1, -0.05) is 185 Å². The van der Waals surface area contributed by atoms with Crippen molar-refractivity contribution in [2.75, 3.05) is 0 Å². The molecule has 41 heavy (non-hydrogen) atoms. The molecule has 0 N–H and O–H groups in total. The lowest BCUT2D eigenvalue weighted by Gasteiger charge is -2.07. The standard InChI is InChI=1S/C39H69N2/c1-3-5-7-9-11-13-15-16-17-18-19-20-22-24-29-33-39-40(34-30-25-23-21-14-12-10-8-6-4-2)35-36-41(39)37-38-31-27-26-28-32-38/h26-28,31-32,35-36H,3-25,29-30,33-34,37H2,1-2H3/q+1. The third-order valence-corrected chi connectivity index (χ3v) is 9.04. The molecule has 0 fully saturated rings. The Labute approximate surface area is 256 Å². The van der Waals surface area contributed by atoms with Crippen LogP contribution in [0.2, 0.25) is 0 Å².